The molecule has 0 saturated carbocycles. The lowest BCUT2D eigenvalue weighted by Gasteiger charge is -2.18. The van der Waals surface area contributed by atoms with Crippen molar-refractivity contribution in [2.45, 2.75) is 6.10 Å². The van der Waals surface area contributed by atoms with Crippen LogP contribution in [-0.4, -0.2) is 34.3 Å². The molecule has 0 fully saturated rings. The van der Waals surface area contributed by atoms with Crippen LogP contribution in [0.4, 0.5) is 0 Å². The number of ether oxygens (including phenoxy) is 1. The summed E-state index contributed by atoms with van der Waals surface area (Å²) in [5.41, 5.74) is 0.286. The molecule has 1 aliphatic carbocycles. The van der Waals surface area contributed by atoms with Gasteiger partial charge in [0.05, 0.1) is 19.1 Å². The number of carbonyl (C=O) groups excluding carboxylic acids is 1. The van der Waals surface area contributed by atoms with Crippen molar-refractivity contribution in [3.8, 4) is 11.5 Å². The molecule has 21 heavy (non-hydrogen) atoms. The molecule has 0 saturated heterocycles. The Morgan fingerprint density at radius 2 is 2.10 bits per heavy atom. The summed E-state index contributed by atoms with van der Waals surface area (Å²) in [6, 6.07) is 4.32. The summed E-state index contributed by atoms with van der Waals surface area (Å²) in [6.45, 7) is 0. The summed E-state index contributed by atoms with van der Waals surface area (Å²) in [5.74, 6) is -0.844. The van der Waals surface area contributed by atoms with Crippen LogP contribution in [0.15, 0.2) is 54.3 Å². The van der Waals surface area contributed by atoms with Gasteiger partial charge in [-0.25, -0.2) is 0 Å². The molecule has 110 valence electrons. The molecule has 0 bridgehead atoms. The predicted molar refractivity (Wildman–Crippen MR) is 77.5 cm³/mol. The number of rotatable bonds is 4. The summed E-state index contributed by atoms with van der Waals surface area (Å²) < 4.78 is 4.90. The zero-order chi connectivity index (χ0) is 15.4. The molecule has 1 aromatic carbocycles. The molecule has 0 aliphatic heterocycles. The third kappa shape index (κ3) is 3.32. The zero-order valence-electron chi connectivity index (χ0n) is 11.4. The number of carbonyl (C=O) groups is 1. The summed E-state index contributed by atoms with van der Waals surface area (Å²) in [5, 5.41) is 29.0. The van der Waals surface area contributed by atoms with Crippen molar-refractivity contribution >= 4 is 5.78 Å². The van der Waals surface area contributed by atoms with Crippen molar-refractivity contribution in [1.29, 1.82) is 0 Å². The minimum atomic E-state index is -0.872. The Bertz CT molecular complexity index is 628. The Balaban J connectivity index is 2.14. The van der Waals surface area contributed by atoms with Gasteiger partial charge in [-0.2, -0.15) is 0 Å². The van der Waals surface area contributed by atoms with Gasteiger partial charge in [-0.05, 0) is 30.4 Å². The summed E-state index contributed by atoms with van der Waals surface area (Å²) >= 11 is 0. The highest BCUT2D eigenvalue weighted by atomic mass is 16.5. The van der Waals surface area contributed by atoms with E-state index in [4.69, 9.17) is 4.74 Å². The van der Waals surface area contributed by atoms with Crippen LogP contribution in [-0.2, 0) is 0 Å². The number of aliphatic hydroxyl groups is 2. The van der Waals surface area contributed by atoms with Crippen LogP contribution < -0.4 is 4.74 Å². The minimum Gasteiger partial charge on any atom is -0.512 e. The number of hydrogen-bond acceptors (Lipinski definition) is 5. The Morgan fingerprint density at radius 3 is 2.71 bits per heavy atom. The van der Waals surface area contributed by atoms with Gasteiger partial charge in [0.1, 0.15) is 5.76 Å². The van der Waals surface area contributed by atoms with Crippen LogP contribution in [0.1, 0.15) is 10.4 Å². The van der Waals surface area contributed by atoms with Crippen molar-refractivity contribution in [3.63, 3.8) is 0 Å². The third-order valence-corrected chi connectivity index (χ3v) is 3.20. The maximum Gasteiger partial charge on any atom is 0.185 e. The van der Waals surface area contributed by atoms with Gasteiger partial charge in [0.2, 0.25) is 0 Å². The van der Waals surface area contributed by atoms with Crippen molar-refractivity contribution in [2.24, 2.45) is 5.92 Å². The predicted octanol–water partition coefficient (Wildman–Crippen LogP) is 2.13. The van der Waals surface area contributed by atoms with Gasteiger partial charge in [0.15, 0.2) is 17.3 Å². The van der Waals surface area contributed by atoms with E-state index in [2.05, 4.69) is 0 Å². The fourth-order valence-electron chi connectivity index (χ4n) is 2.02. The van der Waals surface area contributed by atoms with E-state index in [-0.39, 0.29) is 28.6 Å². The molecule has 2 unspecified atom stereocenters. The van der Waals surface area contributed by atoms with Gasteiger partial charge in [-0.15, -0.1) is 0 Å². The average Bonchev–Trinajstić information content (AvgIpc) is 2.46. The third-order valence-electron chi connectivity index (χ3n) is 3.20. The van der Waals surface area contributed by atoms with Crippen molar-refractivity contribution < 1.29 is 24.9 Å². The Hall–Kier alpha value is -2.53. The number of aromatic hydroxyl groups is 1. The van der Waals surface area contributed by atoms with Gasteiger partial charge >= 0.3 is 0 Å². The van der Waals surface area contributed by atoms with Gasteiger partial charge in [-0.1, -0.05) is 18.2 Å². The number of phenols is 1. The molecule has 1 aromatic rings. The zero-order valence-corrected chi connectivity index (χ0v) is 11.4. The van der Waals surface area contributed by atoms with Gasteiger partial charge in [0.25, 0.3) is 0 Å². The Labute approximate surface area is 122 Å². The van der Waals surface area contributed by atoms with E-state index in [1.54, 1.807) is 6.08 Å². The first-order valence-electron chi connectivity index (χ1n) is 6.38. The summed E-state index contributed by atoms with van der Waals surface area (Å²) in [4.78, 5) is 12.0. The largest absolute Gasteiger partial charge is 0.512 e. The molecule has 1 aliphatic rings. The molecule has 2 rings (SSSR count). The van der Waals surface area contributed by atoms with E-state index < -0.39 is 12.0 Å². The lowest BCUT2D eigenvalue weighted by atomic mass is 9.94. The van der Waals surface area contributed by atoms with E-state index in [1.165, 1.54) is 49.6 Å². The second-order valence-corrected chi connectivity index (χ2v) is 4.60. The number of ketones is 1. The van der Waals surface area contributed by atoms with E-state index in [1.807, 2.05) is 0 Å². The van der Waals surface area contributed by atoms with Crippen LogP contribution >= 0.6 is 0 Å². The van der Waals surface area contributed by atoms with Gasteiger partial charge < -0.3 is 20.1 Å². The van der Waals surface area contributed by atoms with Crippen LogP contribution in [0, 0.1) is 5.92 Å². The Morgan fingerprint density at radius 1 is 1.33 bits per heavy atom. The Kier molecular flexibility index (Phi) is 4.45. The number of aliphatic hydroxyl groups excluding tert-OH is 2. The second-order valence-electron chi connectivity index (χ2n) is 4.60. The van der Waals surface area contributed by atoms with Gasteiger partial charge in [-0.3, -0.25) is 4.79 Å². The standard InChI is InChI=1S/C16H16O5/c1-21-16-8-5-10(9-15(16)20)12(17)7-6-11-13(18)3-2-4-14(11)19/h2-9,11,13,18-20H,1H3/b7-6+. The smallest absolute Gasteiger partial charge is 0.185 e. The highest BCUT2D eigenvalue weighted by molar-refractivity contribution is 6.04. The molecule has 3 N–H and O–H groups in total. The van der Waals surface area contributed by atoms with Gasteiger partial charge in [0, 0.05) is 5.56 Å². The summed E-state index contributed by atoms with van der Waals surface area (Å²) in [7, 11) is 1.42. The van der Waals surface area contributed by atoms with Crippen LogP contribution in [0.5, 0.6) is 11.5 Å². The highest BCUT2D eigenvalue weighted by Crippen LogP contribution is 2.27. The number of phenolic OH excluding ortho intramolecular Hbond substituents is 1. The minimum absolute atomic E-state index is 0.00775. The van der Waals surface area contributed by atoms with E-state index in [0.29, 0.717) is 0 Å². The monoisotopic (exact) mass is 288 g/mol. The first-order chi connectivity index (χ1) is 10.0. The topological polar surface area (TPSA) is 87.0 Å². The van der Waals surface area contributed by atoms with Crippen molar-refractivity contribution in [3.05, 3.63) is 59.9 Å². The van der Waals surface area contributed by atoms with Crippen LogP contribution in [0.3, 0.4) is 0 Å². The van der Waals surface area contributed by atoms with E-state index in [9.17, 15) is 20.1 Å². The number of hydrogen-bond donors (Lipinski definition) is 3. The highest BCUT2D eigenvalue weighted by Gasteiger charge is 2.20. The number of methoxy groups -OCH3 is 1. The molecule has 2 atom stereocenters. The lowest BCUT2D eigenvalue weighted by Crippen LogP contribution is -2.20. The first kappa shape index (κ1) is 14.9. The van der Waals surface area contributed by atoms with Crippen LogP contribution in [0.2, 0.25) is 0 Å². The SMILES string of the molecule is COc1ccc(C(=O)/C=C/C2C(O)=CC=CC2O)cc1O. The van der Waals surface area contributed by atoms with Crippen molar-refractivity contribution in [1.82, 2.24) is 0 Å². The van der Waals surface area contributed by atoms with Crippen LogP contribution in [0.25, 0.3) is 0 Å². The normalized spacial score (nSPS) is 21.3. The first-order valence-corrected chi connectivity index (χ1v) is 6.38. The molecule has 0 heterocycles. The second kappa shape index (κ2) is 6.28. The molecule has 0 spiro atoms. The molecule has 5 heteroatoms. The fourth-order valence-corrected chi connectivity index (χ4v) is 2.02. The molecular formula is C16H16O5. The lowest BCUT2D eigenvalue weighted by molar-refractivity contribution is 0.104. The number of benzene rings is 1. The number of allylic oxidation sites excluding steroid dienone is 3. The molecular weight excluding hydrogens is 272 g/mol. The summed E-state index contributed by atoms with van der Waals surface area (Å²) in [6.07, 6.45) is 6.36. The average molecular weight is 288 g/mol. The quantitative estimate of drug-likeness (QED) is 0.583. The molecule has 5 nitrogen and oxygen atoms in total. The van der Waals surface area contributed by atoms with Crippen molar-refractivity contribution in [2.75, 3.05) is 7.11 Å². The molecule has 0 amide bonds. The maximum atomic E-state index is 12.0. The molecule has 0 aromatic heterocycles. The van der Waals surface area contributed by atoms with E-state index in [0.717, 1.165) is 0 Å². The molecule has 0 radical (unpaired) electrons. The fraction of sp³-hybridized carbons (Fsp3) is 0.188. The van der Waals surface area contributed by atoms with E-state index >= 15 is 0 Å². The maximum absolute atomic E-state index is 12.0.